The molecule has 0 atom stereocenters. The van der Waals surface area contributed by atoms with Crippen LogP contribution in [0.25, 0.3) is 0 Å². The molecule has 2 aromatic rings. The van der Waals surface area contributed by atoms with Gasteiger partial charge in [0.2, 0.25) is 0 Å². The molecule has 0 amide bonds. The summed E-state index contributed by atoms with van der Waals surface area (Å²) >= 11 is 4.36. The molecule has 0 radical (unpaired) electrons. The third-order valence-corrected chi connectivity index (χ3v) is 11.3. The Morgan fingerprint density at radius 1 is 0.853 bits per heavy atom. The molecule has 4 rings (SSSR count). The maximum atomic E-state index is 5.60. The standard InChI is InChI=1S/C29H41NO2S2/c1-22-9-10-25(19-23(22)2)29(33-17-8-18-34-29)15-7-16-30(3)21-28(13-6-14-28)24-11-12-26(31-4)27(20-24)32-5/h9-12,19-20H,6-8,13-18,21H2,1-5H3. The summed E-state index contributed by atoms with van der Waals surface area (Å²) in [6.07, 6.45) is 7.61. The van der Waals surface area contributed by atoms with E-state index in [-0.39, 0.29) is 9.49 Å². The summed E-state index contributed by atoms with van der Waals surface area (Å²) < 4.78 is 11.3. The van der Waals surface area contributed by atoms with Crippen molar-refractivity contribution in [3.63, 3.8) is 0 Å². The Labute approximate surface area is 215 Å². The number of hydrogen-bond donors (Lipinski definition) is 0. The van der Waals surface area contributed by atoms with E-state index >= 15 is 0 Å². The van der Waals surface area contributed by atoms with Crippen LogP contribution >= 0.6 is 23.5 Å². The molecule has 0 unspecified atom stereocenters. The van der Waals surface area contributed by atoms with Gasteiger partial charge in [-0.05, 0) is 105 Å². The zero-order valence-corrected chi connectivity index (χ0v) is 23.2. The molecule has 0 bridgehead atoms. The highest BCUT2D eigenvalue weighted by Crippen LogP contribution is 2.53. The number of thioether (sulfide) groups is 2. The largest absolute Gasteiger partial charge is 0.493 e. The van der Waals surface area contributed by atoms with Gasteiger partial charge in [-0.15, -0.1) is 23.5 Å². The molecule has 1 saturated heterocycles. The maximum absolute atomic E-state index is 5.60. The van der Waals surface area contributed by atoms with E-state index in [2.05, 4.69) is 85.7 Å². The average Bonchev–Trinajstić information content (AvgIpc) is 2.83. The Hall–Kier alpha value is -1.30. The second kappa shape index (κ2) is 11.2. The van der Waals surface area contributed by atoms with Crippen molar-refractivity contribution in [3.8, 4) is 11.5 Å². The van der Waals surface area contributed by atoms with Crippen LogP contribution in [-0.2, 0) is 9.49 Å². The average molecular weight is 500 g/mol. The van der Waals surface area contributed by atoms with E-state index in [1.54, 1.807) is 14.2 Å². The fraction of sp³-hybridized carbons (Fsp3) is 0.586. The molecule has 186 valence electrons. The molecule has 1 aliphatic carbocycles. The Bertz CT molecular complexity index is 967. The highest BCUT2D eigenvalue weighted by molar-refractivity contribution is 8.18. The van der Waals surface area contributed by atoms with Crippen LogP contribution in [0.3, 0.4) is 0 Å². The van der Waals surface area contributed by atoms with E-state index in [1.165, 1.54) is 72.3 Å². The van der Waals surface area contributed by atoms with Gasteiger partial charge in [0.25, 0.3) is 0 Å². The number of methoxy groups -OCH3 is 2. The van der Waals surface area contributed by atoms with Crippen LogP contribution in [0.4, 0.5) is 0 Å². The predicted molar refractivity (Wildman–Crippen MR) is 149 cm³/mol. The minimum absolute atomic E-state index is 0.217. The van der Waals surface area contributed by atoms with E-state index in [1.807, 2.05) is 0 Å². The minimum Gasteiger partial charge on any atom is -0.493 e. The summed E-state index contributed by atoms with van der Waals surface area (Å²) in [5.41, 5.74) is 5.98. The fourth-order valence-electron chi connectivity index (χ4n) is 5.49. The lowest BCUT2D eigenvalue weighted by molar-refractivity contribution is 0.157. The molecule has 34 heavy (non-hydrogen) atoms. The molecule has 5 heteroatoms. The molecule has 2 fully saturated rings. The fourth-order valence-corrected chi connectivity index (χ4v) is 8.91. The zero-order chi connectivity index (χ0) is 24.2. The second-order valence-electron chi connectivity index (χ2n) is 10.1. The Morgan fingerprint density at radius 2 is 1.56 bits per heavy atom. The molecule has 0 spiro atoms. The monoisotopic (exact) mass is 499 g/mol. The van der Waals surface area contributed by atoms with Crippen molar-refractivity contribution in [2.75, 3.05) is 45.9 Å². The first-order valence-electron chi connectivity index (χ1n) is 12.7. The molecular weight excluding hydrogens is 458 g/mol. The number of ether oxygens (including phenoxy) is 2. The van der Waals surface area contributed by atoms with Gasteiger partial charge in [0.05, 0.1) is 18.3 Å². The molecule has 2 aliphatic rings. The van der Waals surface area contributed by atoms with E-state index in [9.17, 15) is 0 Å². The summed E-state index contributed by atoms with van der Waals surface area (Å²) in [5.74, 6) is 4.21. The normalized spacial score (nSPS) is 19.0. The van der Waals surface area contributed by atoms with Crippen molar-refractivity contribution in [2.45, 2.75) is 61.9 Å². The number of likely N-dealkylation sites (N-methyl/N-ethyl adjacent to an activating group) is 1. The predicted octanol–water partition coefficient (Wildman–Crippen LogP) is 7.18. The van der Waals surface area contributed by atoms with Gasteiger partial charge in [-0.25, -0.2) is 0 Å². The number of benzene rings is 2. The quantitative estimate of drug-likeness (QED) is 0.344. The number of nitrogens with zero attached hydrogens (tertiary/aromatic N) is 1. The van der Waals surface area contributed by atoms with Crippen molar-refractivity contribution < 1.29 is 9.47 Å². The van der Waals surface area contributed by atoms with Crippen LogP contribution in [0.1, 0.15) is 60.8 Å². The Balaban J connectivity index is 1.41. The van der Waals surface area contributed by atoms with Crippen LogP contribution in [0.5, 0.6) is 11.5 Å². The summed E-state index contributed by atoms with van der Waals surface area (Å²) in [5, 5.41) is 0. The van der Waals surface area contributed by atoms with Crippen LogP contribution in [0.15, 0.2) is 36.4 Å². The first kappa shape index (κ1) is 25.8. The summed E-state index contributed by atoms with van der Waals surface area (Å²) in [6.45, 7) is 6.73. The van der Waals surface area contributed by atoms with Crippen molar-refractivity contribution in [2.24, 2.45) is 0 Å². The highest BCUT2D eigenvalue weighted by atomic mass is 32.2. The molecule has 1 saturated carbocycles. The smallest absolute Gasteiger partial charge is 0.161 e. The number of aryl methyl sites for hydroxylation is 2. The second-order valence-corrected chi connectivity index (χ2v) is 13.2. The van der Waals surface area contributed by atoms with Gasteiger partial charge in [-0.3, -0.25) is 0 Å². The first-order valence-corrected chi connectivity index (χ1v) is 14.7. The lowest BCUT2D eigenvalue weighted by Crippen LogP contribution is -2.44. The first-order chi connectivity index (χ1) is 16.4. The number of hydrogen-bond acceptors (Lipinski definition) is 5. The highest BCUT2D eigenvalue weighted by Gasteiger charge is 2.40. The molecular formula is C29H41NO2S2. The molecule has 3 nitrogen and oxygen atoms in total. The van der Waals surface area contributed by atoms with E-state index in [0.29, 0.717) is 0 Å². The van der Waals surface area contributed by atoms with Gasteiger partial charge in [0.1, 0.15) is 0 Å². The van der Waals surface area contributed by atoms with Crippen molar-refractivity contribution in [1.29, 1.82) is 0 Å². The van der Waals surface area contributed by atoms with Gasteiger partial charge in [0, 0.05) is 12.0 Å². The molecule has 1 aliphatic heterocycles. The third-order valence-electron chi connectivity index (χ3n) is 7.83. The van der Waals surface area contributed by atoms with E-state index in [4.69, 9.17) is 9.47 Å². The summed E-state index contributed by atoms with van der Waals surface area (Å²) in [6, 6.07) is 13.7. The topological polar surface area (TPSA) is 21.7 Å². The minimum atomic E-state index is 0.217. The third kappa shape index (κ3) is 5.42. The Morgan fingerprint density at radius 3 is 2.18 bits per heavy atom. The SMILES string of the molecule is COc1ccc(C2(CN(C)CCCC3(c4ccc(C)c(C)c4)SCCCS3)CCC2)cc1OC. The van der Waals surface area contributed by atoms with Crippen LogP contribution in [0, 0.1) is 13.8 Å². The van der Waals surface area contributed by atoms with E-state index in [0.717, 1.165) is 24.6 Å². The summed E-state index contributed by atoms with van der Waals surface area (Å²) in [7, 11) is 5.75. The van der Waals surface area contributed by atoms with Crippen molar-refractivity contribution >= 4 is 23.5 Å². The molecule has 0 aromatic heterocycles. The Kier molecular flexibility index (Phi) is 8.48. The van der Waals surface area contributed by atoms with Crippen LogP contribution in [-0.4, -0.2) is 50.8 Å². The molecule has 0 N–H and O–H groups in total. The number of rotatable bonds is 10. The zero-order valence-electron chi connectivity index (χ0n) is 21.6. The van der Waals surface area contributed by atoms with Gasteiger partial charge in [-0.1, -0.05) is 30.7 Å². The van der Waals surface area contributed by atoms with Gasteiger partial charge < -0.3 is 14.4 Å². The molecule has 1 heterocycles. The lowest BCUT2D eigenvalue weighted by atomic mass is 9.64. The van der Waals surface area contributed by atoms with Gasteiger partial charge >= 0.3 is 0 Å². The molecule has 2 aromatic carbocycles. The maximum Gasteiger partial charge on any atom is 0.161 e. The van der Waals surface area contributed by atoms with E-state index < -0.39 is 0 Å². The summed E-state index contributed by atoms with van der Waals surface area (Å²) in [4.78, 5) is 2.57. The van der Waals surface area contributed by atoms with Gasteiger partial charge in [0.15, 0.2) is 11.5 Å². The van der Waals surface area contributed by atoms with Crippen LogP contribution < -0.4 is 9.47 Å². The lowest BCUT2D eigenvalue weighted by Gasteiger charge is -2.45. The van der Waals surface area contributed by atoms with Crippen molar-refractivity contribution in [1.82, 2.24) is 4.90 Å². The van der Waals surface area contributed by atoms with Crippen LogP contribution in [0.2, 0.25) is 0 Å². The van der Waals surface area contributed by atoms with Gasteiger partial charge in [-0.2, -0.15) is 0 Å². The van der Waals surface area contributed by atoms with Crippen molar-refractivity contribution in [3.05, 3.63) is 58.7 Å².